The highest BCUT2D eigenvalue weighted by Crippen LogP contribution is 2.22. The van der Waals surface area contributed by atoms with E-state index in [1.165, 1.54) is 11.1 Å². The van der Waals surface area contributed by atoms with Crippen molar-refractivity contribution in [2.24, 2.45) is 0 Å². The number of carbonyl (C=O) groups excluding carboxylic acids is 1. The number of aromatic nitrogens is 2. The van der Waals surface area contributed by atoms with Crippen molar-refractivity contribution >= 4 is 28.5 Å². The van der Waals surface area contributed by atoms with Crippen molar-refractivity contribution in [3.63, 3.8) is 0 Å². The van der Waals surface area contributed by atoms with Gasteiger partial charge in [0, 0.05) is 18.0 Å². The first-order valence-corrected chi connectivity index (χ1v) is 13.0. The summed E-state index contributed by atoms with van der Waals surface area (Å²) >= 11 is 6.15. The van der Waals surface area contributed by atoms with Gasteiger partial charge in [-0.2, -0.15) is 0 Å². The Morgan fingerprint density at radius 1 is 0.972 bits per heavy atom. The molecule has 4 aromatic rings. The third-order valence-corrected chi connectivity index (χ3v) is 6.94. The number of nitrogens with zero attached hydrogens (tertiary/aromatic N) is 2. The molecule has 4 rings (SSSR count). The number of para-hydroxylation sites is 2. The van der Waals surface area contributed by atoms with E-state index in [9.17, 15) is 4.79 Å². The molecule has 0 atom stereocenters. The second kappa shape index (κ2) is 12.6. The Labute approximate surface area is 218 Å². The number of benzene rings is 3. The molecule has 0 saturated heterocycles. The minimum atomic E-state index is 0.00809. The lowest BCUT2D eigenvalue weighted by atomic mass is 10.1. The third-order valence-electron chi connectivity index (χ3n) is 6.57. The van der Waals surface area contributed by atoms with Crippen LogP contribution in [0.3, 0.4) is 0 Å². The number of amides is 1. The van der Waals surface area contributed by atoms with Crippen molar-refractivity contribution < 1.29 is 9.53 Å². The van der Waals surface area contributed by atoms with Crippen LogP contribution in [0.5, 0.6) is 5.75 Å². The molecular weight excluding hydrogens is 470 g/mol. The summed E-state index contributed by atoms with van der Waals surface area (Å²) in [6.45, 7) is 6.22. The molecular formula is C30H34ClN3O2. The summed E-state index contributed by atoms with van der Waals surface area (Å²) in [5.41, 5.74) is 5.44. The first kappa shape index (κ1) is 25.8. The Morgan fingerprint density at radius 2 is 1.78 bits per heavy atom. The maximum atomic E-state index is 12.2. The first-order chi connectivity index (χ1) is 17.5. The van der Waals surface area contributed by atoms with Gasteiger partial charge < -0.3 is 14.6 Å². The first-order valence-electron chi connectivity index (χ1n) is 12.7. The van der Waals surface area contributed by atoms with E-state index >= 15 is 0 Å². The van der Waals surface area contributed by atoms with Gasteiger partial charge in [-0.1, -0.05) is 60.5 Å². The minimum Gasteiger partial charge on any atom is -0.491 e. The van der Waals surface area contributed by atoms with Crippen molar-refractivity contribution in [3.05, 3.63) is 94.3 Å². The average Bonchev–Trinajstić information content (AvgIpc) is 3.22. The smallest absolute Gasteiger partial charge is 0.224 e. The molecule has 0 spiro atoms. The van der Waals surface area contributed by atoms with Crippen LogP contribution in [0.1, 0.15) is 41.8 Å². The monoisotopic (exact) mass is 503 g/mol. The molecule has 3 aromatic carbocycles. The van der Waals surface area contributed by atoms with E-state index in [4.69, 9.17) is 21.3 Å². The number of aryl methyl sites for hydroxylation is 2. The van der Waals surface area contributed by atoms with Crippen LogP contribution in [-0.4, -0.2) is 28.6 Å². The number of halogens is 1. The van der Waals surface area contributed by atoms with Crippen LogP contribution in [0.15, 0.2) is 66.7 Å². The molecule has 0 aliphatic carbocycles. The largest absolute Gasteiger partial charge is 0.491 e. The van der Waals surface area contributed by atoms with Crippen LogP contribution in [0.25, 0.3) is 11.0 Å². The number of carbonyl (C=O) groups is 1. The lowest BCUT2D eigenvalue weighted by Crippen LogP contribution is -2.26. The van der Waals surface area contributed by atoms with Gasteiger partial charge in [0.05, 0.1) is 24.0 Å². The van der Waals surface area contributed by atoms with E-state index in [1.54, 1.807) is 0 Å². The van der Waals surface area contributed by atoms with Gasteiger partial charge in [0.2, 0.25) is 5.91 Å². The van der Waals surface area contributed by atoms with E-state index < -0.39 is 0 Å². The third kappa shape index (κ3) is 6.67. The Kier molecular flexibility index (Phi) is 9.01. The van der Waals surface area contributed by atoms with E-state index in [0.29, 0.717) is 24.6 Å². The summed E-state index contributed by atoms with van der Waals surface area (Å²) in [5.74, 6) is 2.04. The van der Waals surface area contributed by atoms with Gasteiger partial charge in [0.1, 0.15) is 18.2 Å². The Morgan fingerprint density at radius 3 is 2.64 bits per heavy atom. The zero-order valence-electron chi connectivity index (χ0n) is 21.1. The van der Waals surface area contributed by atoms with Crippen LogP contribution < -0.4 is 10.1 Å². The lowest BCUT2D eigenvalue weighted by molar-refractivity contribution is -0.120. The summed E-state index contributed by atoms with van der Waals surface area (Å²) in [7, 11) is 0. The number of unbranched alkanes of at least 4 members (excludes halogenated alkanes) is 2. The highest BCUT2D eigenvalue weighted by molar-refractivity contribution is 6.31. The molecule has 5 nitrogen and oxygen atoms in total. The molecule has 6 heteroatoms. The maximum Gasteiger partial charge on any atom is 0.224 e. The van der Waals surface area contributed by atoms with Gasteiger partial charge in [0.15, 0.2) is 0 Å². The van der Waals surface area contributed by atoms with E-state index in [2.05, 4.69) is 48.0 Å². The molecule has 0 fully saturated rings. The van der Waals surface area contributed by atoms with Crippen LogP contribution in [-0.2, 0) is 24.2 Å². The molecule has 0 radical (unpaired) electrons. The second-order valence-electron chi connectivity index (χ2n) is 9.14. The molecule has 0 aliphatic rings. The summed E-state index contributed by atoms with van der Waals surface area (Å²) in [6, 6.07) is 21.9. The zero-order valence-corrected chi connectivity index (χ0v) is 21.9. The fourth-order valence-corrected chi connectivity index (χ4v) is 4.59. The summed E-state index contributed by atoms with van der Waals surface area (Å²) < 4.78 is 8.41. The number of rotatable bonds is 12. The van der Waals surface area contributed by atoms with Gasteiger partial charge in [0.25, 0.3) is 0 Å². The molecule has 0 saturated carbocycles. The van der Waals surface area contributed by atoms with Crippen LogP contribution in [0.4, 0.5) is 0 Å². The van der Waals surface area contributed by atoms with Gasteiger partial charge in [-0.05, 0) is 67.6 Å². The van der Waals surface area contributed by atoms with Crippen molar-refractivity contribution in [1.82, 2.24) is 14.9 Å². The van der Waals surface area contributed by atoms with Gasteiger partial charge in [-0.3, -0.25) is 4.79 Å². The molecule has 1 heterocycles. The predicted molar refractivity (Wildman–Crippen MR) is 147 cm³/mol. The minimum absolute atomic E-state index is 0.00809. The van der Waals surface area contributed by atoms with Gasteiger partial charge in [-0.25, -0.2) is 4.98 Å². The highest BCUT2D eigenvalue weighted by Gasteiger charge is 2.11. The lowest BCUT2D eigenvalue weighted by Gasteiger charge is -2.13. The quantitative estimate of drug-likeness (QED) is 0.226. The molecule has 0 aliphatic heterocycles. The number of nitrogens with one attached hydrogen (secondary N) is 1. The van der Waals surface area contributed by atoms with Crippen molar-refractivity contribution in [1.29, 1.82) is 0 Å². The SMILES string of the molecule is Cc1cccc(OCCn2c(CCCCCNC(=O)Cc3ccccc3Cl)nc3ccccc32)c1C. The summed E-state index contributed by atoms with van der Waals surface area (Å²) in [5, 5.41) is 3.64. The Bertz CT molecular complexity index is 1310. The van der Waals surface area contributed by atoms with Gasteiger partial charge in [-0.15, -0.1) is 0 Å². The molecule has 1 N–H and O–H groups in total. The number of hydrogen-bond acceptors (Lipinski definition) is 3. The molecule has 1 aromatic heterocycles. The fourth-order valence-electron chi connectivity index (χ4n) is 4.38. The Hall–Kier alpha value is -3.31. The van der Waals surface area contributed by atoms with Crippen LogP contribution in [0.2, 0.25) is 5.02 Å². The van der Waals surface area contributed by atoms with E-state index in [0.717, 1.165) is 60.4 Å². The number of imidazole rings is 1. The van der Waals surface area contributed by atoms with E-state index in [-0.39, 0.29) is 5.91 Å². The average molecular weight is 504 g/mol. The molecule has 36 heavy (non-hydrogen) atoms. The summed E-state index contributed by atoms with van der Waals surface area (Å²) in [4.78, 5) is 17.1. The molecule has 188 valence electrons. The molecule has 1 amide bonds. The van der Waals surface area contributed by atoms with Crippen LogP contribution in [0, 0.1) is 13.8 Å². The fraction of sp³-hybridized carbons (Fsp3) is 0.333. The molecule has 0 unspecified atom stereocenters. The zero-order chi connectivity index (χ0) is 25.3. The topological polar surface area (TPSA) is 56.1 Å². The standard InChI is InChI=1S/C30H34ClN3O2/c1-22-11-10-16-28(23(22)2)36-20-19-34-27-15-8-7-14-26(27)33-29(34)17-4-3-9-18-32-30(35)21-24-12-5-6-13-25(24)31/h5-8,10-16H,3-4,9,17-21H2,1-2H3,(H,32,35). The number of hydrogen-bond donors (Lipinski definition) is 1. The van der Waals surface area contributed by atoms with Crippen molar-refractivity contribution in [3.8, 4) is 5.75 Å². The maximum absolute atomic E-state index is 12.2. The van der Waals surface area contributed by atoms with Crippen molar-refractivity contribution in [2.45, 2.75) is 52.5 Å². The second-order valence-corrected chi connectivity index (χ2v) is 9.55. The Balaban J connectivity index is 1.26. The molecule has 0 bridgehead atoms. The summed E-state index contributed by atoms with van der Waals surface area (Å²) in [6.07, 6.45) is 4.18. The normalized spacial score (nSPS) is 11.1. The highest BCUT2D eigenvalue weighted by atomic mass is 35.5. The number of ether oxygens (including phenoxy) is 1. The predicted octanol–water partition coefficient (Wildman–Crippen LogP) is 6.46. The van der Waals surface area contributed by atoms with Gasteiger partial charge >= 0.3 is 0 Å². The van der Waals surface area contributed by atoms with Crippen LogP contribution >= 0.6 is 11.6 Å². The number of fused-ring (bicyclic) bond motifs is 1. The van der Waals surface area contributed by atoms with Crippen molar-refractivity contribution in [2.75, 3.05) is 13.2 Å². The van der Waals surface area contributed by atoms with E-state index in [1.807, 2.05) is 42.5 Å².